The molecule has 1 aromatic heterocycles. The van der Waals surface area contributed by atoms with Crippen LogP contribution in [0.3, 0.4) is 0 Å². The highest BCUT2D eigenvalue weighted by molar-refractivity contribution is 7.22. The predicted molar refractivity (Wildman–Crippen MR) is 98.3 cm³/mol. The van der Waals surface area contributed by atoms with Crippen LogP contribution in [-0.4, -0.2) is 41.7 Å². The molecule has 1 saturated heterocycles. The van der Waals surface area contributed by atoms with Gasteiger partial charge in [-0.2, -0.15) is 0 Å². The average Bonchev–Trinajstić information content (AvgIpc) is 3.22. The Morgan fingerprint density at radius 1 is 1.34 bits per heavy atom. The number of hydrogen-bond donors (Lipinski definition) is 3. The number of halogens is 3. The molecule has 2 heterocycles. The molecule has 1 aliphatic heterocycles. The average molecular weight is 430 g/mol. The minimum atomic E-state index is -4.78. The van der Waals surface area contributed by atoms with E-state index in [1.165, 1.54) is 12.1 Å². The smallest absolute Gasteiger partial charge is 0.406 e. The van der Waals surface area contributed by atoms with Gasteiger partial charge in [0.2, 0.25) is 17.7 Å². The highest BCUT2D eigenvalue weighted by Gasteiger charge is 2.31. The van der Waals surface area contributed by atoms with Gasteiger partial charge in [0.05, 0.1) is 10.2 Å². The summed E-state index contributed by atoms with van der Waals surface area (Å²) in [5, 5.41) is 8.05. The van der Waals surface area contributed by atoms with Gasteiger partial charge >= 0.3 is 6.36 Å². The summed E-state index contributed by atoms with van der Waals surface area (Å²) in [7, 11) is 0. The first-order valence-electron chi connectivity index (χ1n) is 8.73. The summed E-state index contributed by atoms with van der Waals surface area (Å²) in [5.41, 5.74) is 0.436. The van der Waals surface area contributed by atoms with Gasteiger partial charge in [0.25, 0.3) is 0 Å². The van der Waals surface area contributed by atoms with E-state index >= 15 is 0 Å². The molecule has 8 nitrogen and oxygen atoms in total. The Morgan fingerprint density at radius 2 is 2.14 bits per heavy atom. The second kappa shape index (κ2) is 8.64. The van der Waals surface area contributed by atoms with Crippen molar-refractivity contribution in [1.29, 1.82) is 0 Å². The number of rotatable bonds is 7. The second-order valence-corrected chi connectivity index (χ2v) is 7.33. The topological polar surface area (TPSA) is 109 Å². The maximum Gasteiger partial charge on any atom is 0.573 e. The number of benzene rings is 1. The van der Waals surface area contributed by atoms with E-state index in [1.54, 1.807) is 0 Å². The van der Waals surface area contributed by atoms with Gasteiger partial charge in [0.1, 0.15) is 11.8 Å². The van der Waals surface area contributed by atoms with E-state index in [0.29, 0.717) is 29.5 Å². The van der Waals surface area contributed by atoms with Crippen molar-refractivity contribution in [2.24, 2.45) is 0 Å². The van der Waals surface area contributed by atoms with Gasteiger partial charge in [-0.1, -0.05) is 11.3 Å². The third-order valence-electron chi connectivity index (χ3n) is 4.03. The molecule has 0 saturated carbocycles. The Morgan fingerprint density at radius 3 is 2.83 bits per heavy atom. The maximum absolute atomic E-state index is 12.3. The molecule has 3 N–H and O–H groups in total. The third kappa shape index (κ3) is 6.04. The number of aromatic nitrogens is 1. The van der Waals surface area contributed by atoms with Crippen LogP contribution in [0.2, 0.25) is 0 Å². The Labute approximate surface area is 166 Å². The minimum Gasteiger partial charge on any atom is -0.406 e. The minimum absolute atomic E-state index is 0.121. The summed E-state index contributed by atoms with van der Waals surface area (Å²) >= 11 is 1.03. The summed E-state index contributed by atoms with van der Waals surface area (Å²) in [6.45, 7) is 0.274. The molecule has 156 valence electrons. The molecule has 1 atom stereocenters. The first-order valence-corrected chi connectivity index (χ1v) is 9.54. The van der Waals surface area contributed by atoms with Crippen LogP contribution in [0.5, 0.6) is 5.75 Å². The number of hydrogen-bond acceptors (Lipinski definition) is 6. The van der Waals surface area contributed by atoms with E-state index in [-0.39, 0.29) is 41.6 Å². The van der Waals surface area contributed by atoms with Crippen molar-refractivity contribution in [3.8, 4) is 5.75 Å². The number of ether oxygens (including phenoxy) is 1. The molecule has 0 radical (unpaired) electrons. The van der Waals surface area contributed by atoms with Crippen molar-refractivity contribution >= 4 is 44.4 Å². The zero-order chi connectivity index (χ0) is 21.0. The molecule has 0 aliphatic carbocycles. The molecule has 1 aromatic carbocycles. The molecule has 29 heavy (non-hydrogen) atoms. The van der Waals surface area contributed by atoms with Gasteiger partial charge in [-0.3, -0.25) is 14.4 Å². The molecule has 0 bridgehead atoms. The van der Waals surface area contributed by atoms with E-state index in [0.717, 1.165) is 17.4 Å². The molecular weight excluding hydrogens is 413 g/mol. The molecule has 12 heteroatoms. The first-order chi connectivity index (χ1) is 13.7. The molecule has 3 amide bonds. The van der Waals surface area contributed by atoms with Crippen molar-refractivity contribution in [3.63, 3.8) is 0 Å². The van der Waals surface area contributed by atoms with Crippen molar-refractivity contribution in [2.75, 3.05) is 11.9 Å². The highest BCUT2D eigenvalue weighted by atomic mass is 32.1. The Balaban J connectivity index is 1.44. The number of carbonyl (C=O) groups excluding carboxylic acids is 3. The fourth-order valence-corrected chi connectivity index (χ4v) is 3.64. The normalized spacial score (nSPS) is 16.5. The summed E-state index contributed by atoms with van der Waals surface area (Å²) in [4.78, 5) is 39.1. The van der Waals surface area contributed by atoms with Gasteiger partial charge in [-0.25, -0.2) is 4.98 Å². The van der Waals surface area contributed by atoms with Crippen LogP contribution in [0.25, 0.3) is 10.2 Å². The van der Waals surface area contributed by atoms with Crippen molar-refractivity contribution in [1.82, 2.24) is 15.6 Å². The maximum atomic E-state index is 12.3. The second-order valence-electron chi connectivity index (χ2n) is 6.30. The van der Waals surface area contributed by atoms with Crippen LogP contribution in [0.15, 0.2) is 18.2 Å². The van der Waals surface area contributed by atoms with E-state index < -0.39 is 12.4 Å². The fraction of sp³-hybridized carbons (Fsp3) is 0.412. The van der Waals surface area contributed by atoms with Crippen LogP contribution in [0.4, 0.5) is 18.3 Å². The molecule has 1 aliphatic rings. The van der Waals surface area contributed by atoms with E-state index in [4.69, 9.17) is 0 Å². The van der Waals surface area contributed by atoms with Gasteiger partial charge in [-0.15, -0.1) is 13.2 Å². The third-order valence-corrected chi connectivity index (χ3v) is 4.97. The van der Waals surface area contributed by atoms with Crippen LogP contribution in [0.1, 0.15) is 25.7 Å². The lowest BCUT2D eigenvalue weighted by atomic mass is 10.2. The zero-order valence-electron chi connectivity index (χ0n) is 15.0. The number of anilines is 1. The molecular formula is C17H17F3N4O4S. The molecule has 0 unspecified atom stereocenters. The number of alkyl halides is 3. The number of nitrogens with one attached hydrogen (secondary N) is 3. The molecule has 0 spiro atoms. The zero-order valence-corrected chi connectivity index (χ0v) is 15.8. The van der Waals surface area contributed by atoms with E-state index in [1.807, 2.05) is 0 Å². The highest BCUT2D eigenvalue weighted by Crippen LogP contribution is 2.31. The molecule has 2 aromatic rings. The van der Waals surface area contributed by atoms with Gasteiger partial charge in [-0.05, 0) is 25.0 Å². The van der Waals surface area contributed by atoms with Crippen LogP contribution < -0.4 is 20.7 Å². The number of amides is 3. The molecule has 1 fully saturated rings. The summed E-state index contributed by atoms with van der Waals surface area (Å²) in [6.07, 6.45) is -3.50. The largest absolute Gasteiger partial charge is 0.573 e. The summed E-state index contributed by atoms with van der Waals surface area (Å²) < 4.78 is 41.2. The van der Waals surface area contributed by atoms with Crippen LogP contribution in [0, 0.1) is 0 Å². The molecule has 3 rings (SSSR count). The summed E-state index contributed by atoms with van der Waals surface area (Å²) in [6, 6.07) is 3.20. The fourth-order valence-electron chi connectivity index (χ4n) is 2.73. The van der Waals surface area contributed by atoms with Gasteiger partial charge in [0.15, 0.2) is 5.13 Å². The van der Waals surface area contributed by atoms with Gasteiger partial charge < -0.3 is 20.7 Å². The Bertz CT molecular complexity index is 931. The quantitative estimate of drug-likeness (QED) is 0.584. The van der Waals surface area contributed by atoms with Gasteiger partial charge in [0, 0.05) is 25.5 Å². The lowest BCUT2D eigenvalue weighted by molar-refractivity contribution is -0.274. The predicted octanol–water partition coefficient (Wildman–Crippen LogP) is 2.31. The Kier molecular flexibility index (Phi) is 6.20. The standard InChI is InChI=1S/C17H17F3N4O4S/c18-17(19,20)28-9-3-4-10-12(8-9)29-16(23-10)24-13(25)2-1-7-21-15(27)11-5-6-14(26)22-11/h3-4,8,11H,1-2,5-7H2,(H,21,27)(H,22,26)(H,23,24,25)/t11-/m0/s1. The van der Waals surface area contributed by atoms with E-state index in [2.05, 4.69) is 25.7 Å². The monoisotopic (exact) mass is 430 g/mol. The van der Waals surface area contributed by atoms with E-state index in [9.17, 15) is 27.6 Å². The lowest BCUT2D eigenvalue weighted by Gasteiger charge is -2.10. The van der Waals surface area contributed by atoms with Crippen molar-refractivity contribution in [2.45, 2.75) is 38.1 Å². The van der Waals surface area contributed by atoms with Crippen LogP contribution >= 0.6 is 11.3 Å². The Hall–Kier alpha value is -2.89. The number of thiazole rings is 1. The lowest BCUT2D eigenvalue weighted by Crippen LogP contribution is -2.42. The number of nitrogens with zero attached hydrogens (tertiary/aromatic N) is 1. The SMILES string of the molecule is O=C(CCCNC(=O)[C@@H]1CCC(=O)N1)Nc1nc2ccc(OC(F)(F)F)cc2s1. The number of fused-ring (bicyclic) bond motifs is 1. The van der Waals surface area contributed by atoms with Crippen molar-refractivity contribution in [3.05, 3.63) is 18.2 Å². The van der Waals surface area contributed by atoms with Crippen molar-refractivity contribution < 1.29 is 32.3 Å². The summed E-state index contributed by atoms with van der Waals surface area (Å²) in [5.74, 6) is -1.13. The van der Waals surface area contributed by atoms with Crippen LogP contribution in [-0.2, 0) is 14.4 Å². The first kappa shape index (κ1) is 20.8. The number of carbonyl (C=O) groups is 3.